The molecule has 2 rings (SSSR count). The minimum atomic E-state index is 1.14. The van der Waals surface area contributed by atoms with Crippen molar-refractivity contribution in [1.82, 2.24) is 0 Å². The van der Waals surface area contributed by atoms with Gasteiger partial charge in [-0.2, -0.15) is 0 Å². The van der Waals surface area contributed by atoms with Gasteiger partial charge in [-0.1, -0.05) is 53.9 Å². The van der Waals surface area contributed by atoms with Crippen LogP contribution in [0, 0.1) is 6.92 Å². The largest absolute Gasteiger partial charge is 0.330 e. The van der Waals surface area contributed by atoms with Crippen LogP contribution >= 0.6 is 11.9 Å². The predicted molar refractivity (Wildman–Crippen MR) is 73.8 cm³/mol. The first-order valence-corrected chi connectivity index (χ1v) is 6.48. The van der Waals surface area contributed by atoms with E-state index in [-0.39, 0.29) is 0 Å². The molecule has 0 amide bonds. The number of hydrogen-bond acceptors (Lipinski definition) is 2. The Morgan fingerprint density at radius 3 is 2.31 bits per heavy atom. The van der Waals surface area contributed by atoms with Gasteiger partial charge in [0.05, 0.1) is 0 Å². The number of hydrogen-bond donors (Lipinski definition) is 1. The van der Waals surface area contributed by atoms with Gasteiger partial charge in [-0.05, 0) is 30.2 Å². The molecule has 0 bridgehead atoms. The first-order valence-electron chi connectivity index (χ1n) is 5.26. The van der Waals surface area contributed by atoms with Gasteiger partial charge in [-0.25, -0.2) is 0 Å². The molecule has 2 heteroatoms. The molecule has 0 aliphatic carbocycles. The molecule has 2 aromatic carbocycles. The third kappa shape index (κ3) is 2.58. The highest BCUT2D eigenvalue weighted by atomic mass is 32.2. The molecule has 0 spiro atoms. The van der Waals surface area contributed by atoms with E-state index in [4.69, 9.17) is 0 Å². The Kier molecular flexibility index (Phi) is 3.52. The third-order valence-electron chi connectivity index (χ3n) is 2.43. The van der Waals surface area contributed by atoms with Crippen molar-refractivity contribution in [3.05, 3.63) is 54.1 Å². The molecule has 0 aliphatic heterocycles. The number of anilines is 1. The number of aryl methyl sites for hydroxylation is 1. The van der Waals surface area contributed by atoms with Crippen LogP contribution in [-0.2, 0) is 0 Å². The van der Waals surface area contributed by atoms with Crippen LogP contribution in [0.1, 0.15) is 5.56 Å². The molecule has 0 fully saturated rings. The van der Waals surface area contributed by atoms with Crippen molar-refractivity contribution >= 4 is 17.6 Å². The van der Waals surface area contributed by atoms with Gasteiger partial charge in [-0.15, -0.1) is 0 Å². The van der Waals surface area contributed by atoms with E-state index >= 15 is 0 Å². The van der Waals surface area contributed by atoms with Crippen molar-refractivity contribution in [2.45, 2.75) is 6.92 Å². The molecule has 0 aromatic heterocycles. The molecule has 0 atom stereocenters. The summed E-state index contributed by atoms with van der Waals surface area (Å²) in [6, 6.07) is 17.0. The van der Waals surface area contributed by atoms with Crippen LogP contribution in [0.25, 0.3) is 11.1 Å². The second-order valence-corrected chi connectivity index (χ2v) is 4.37. The van der Waals surface area contributed by atoms with Crippen LogP contribution in [0.4, 0.5) is 5.69 Å². The van der Waals surface area contributed by atoms with Crippen molar-refractivity contribution in [3.8, 4) is 11.1 Å². The van der Waals surface area contributed by atoms with Gasteiger partial charge in [0.25, 0.3) is 0 Å². The summed E-state index contributed by atoms with van der Waals surface area (Å²) in [5.74, 6) is 0. The fraction of sp³-hybridized carbons (Fsp3) is 0.143. The Hall–Kier alpha value is -1.41. The fourth-order valence-corrected chi connectivity index (χ4v) is 2.07. The lowest BCUT2D eigenvalue weighted by molar-refractivity contribution is 1.47. The van der Waals surface area contributed by atoms with E-state index in [9.17, 15) is 0 Å². The average molecular weight is 229 g/mol. The topological polar surface area (TPSA) is 12.0 Å². The normalized spacial score (nSPS) is 10.1. The van der Waals surface area contributed by atoms with Gasteiger partial charge in [0, 0.05) is 11.9 Å². The lowest BCUT2D eigenvalue weighted by Gasteiger charge is -2.06. The number of nitrogens with one attached hydrogen (secondary N) is 1. The smallest absolute Gasteiger partial charge is 0.0446 e. The second kappa shape index (κ2) is 5.08. The Balaban J connectivity index is 2.36. The van der Waals surface area contributed by atoms with Crippen molar-refractivity contribution in [1.29, 1.82) is 0 Å². The Morgan fingerprint density at radius 1 is 0.938 bits per heavy atom. The van der Waals surface area contributed by atoms with Crippen LogP contribution in [0.15, 0.2) is 48.5 Å². The van der Waals surface area contributed by atoms with Gasteiger partial charge >= 0.3 is 0 Å². The molecule has 1 nitrogen and oxygen atoms in total. The number of benzene rings is 2. The highest BCUT2D eigenvalue weighted by Crippen LogP contribution is 2.24. The first kappa shape index (κ1) is 11.1. The summed E-state index contributed by atoms with van der Waals surface area (Å²) in [4.78, 5) is 0. The van der Waals surface area contributed by atoms with Crippen molar-refractivity contribution in [2.75, 3.05) is 11.0 Å². The van der Waals surface area contributed by atoms with E-state index in [0.29, 0.717) is 0 Å². The summed E-state index contributed by atoms with van der Waals surface area (Å²) in [5, 5.41) is 0. The highest BCUT2D eigenvalue weighted by molar-refractivity contribution is 7.99. The minimum Gasteiger partial charge on any atom is -0.330 e. The van der Waals surface area contributed by atoms with E-state index in [0.717, 1.165) is 5.69 Å². The molecule has 0 unspecified atom stereocenters. The Morgan fingerprint density at radius 2 is 1.62 bits per heavy atom. The zero-order valence-corrected chi connectivity index (χ0v) is 10.3. The van der Waals surface area contributed by atoms with Gasteiger partial charge in [0.1, 0.15) is 0 Å². The van der Waals surface area contributed by atoms with Crippen LogP contribution in [0.5, 0.6) is 0 Å². The predicted octanol–water partition coefficient (Wildman–Crippen LogP) is 4.35. The third-order valence-corrected chi connectivity index (χ3v) is 2.87. The molecule has 0 heterocycles. The summed E-state index contributed by atoms with van der Waals surface area (Å²) in [5.41, 5.74) is 4.96. The molecule has 1 N–H and O–H groups in total. The summed E-state index contributed by atoms with van der Waals surface area (Å²) in [7, 11) is 0. The molecule has 82 valence electrons. The lowest BCUT2D eigenvalue weighted by Crippen LogP contribution is -1.85. The molecule has 0 saturated heterocycles. The van der Waals surface area contributed by atoms with E-state index in [1.165, 1.54) is 16.7 Å². The van der Waals surface area contributed by atoms with E-state index in [1.54, 1.807) is 11.9 Å². The zero-order valence-electron chi connectivity index (χ0n) is 9.53. The van der Waals surface area contributed by atoms with Gasteiger partial charge in [0.15, 0.2) is 0 Å². The van der Waals surface area contributed by atoms with Gasteiger partial charge in [-0.3, -0.25) is 0 Å². The lowest BCUT2D eigenvalue weighted by atomic mass is 10.0. The molecule has 0 saturated carbocycles. The van der Waals surface area contributed by atoms with Crippen LogP contribution in [0.2, 0.25) is 0 Å². The standard InChI is InChI=1S/C14H15NS/c1-11-5-3-6-12(9-11)13-7-4-8-14(10-13)15-16-2/h3-10,15H,1-2H3. The Labute approximate surface area is 101 Å². The Bertz CT molecular complexity index is 480. The average Bonchev–Trinajstić information content (AvgIpc) is 2.30. The molecule has 2 aromatic rings. The van der Waals surface area contributed by atoms with Gasteiger partial charge < -0.3 is 4.72 Å². The highest BCUT2D eigenvalue weighted by Gasteiger charge is 1.98. The summed E-state index contributed by atoms with van der Waals surface area (Å²) >= 11 is 1.61. The van der Waals surface area contributed by atoms with Crippen molar-refractivity contribution < 1.29 is 0 Å². The first-order chi connectivity index (χ1) is 7.79. The van der Waals surface area contributed by atoms with Crippen LogP contribution in [0.3, 0.4) is 0 Å². The van der Waals surface area contributed by atoms with Crippen molar-refractivity contribution in [3.63, 3.8) is 0 Å². The molecule has 0 aliphatic rings. The SMILES string of the molecule is CSNc1cccc(-c2cccc(C)c2)c1. The number of rotatable bonds is 3. The minimum absolute atomic E-state index is 1.14. The van der Waals surface area contributed by atoms with E-state index in [2.05, 4.69) is 60.2 Å². The molecule has 16 heavy (non-hydrogen) atoms. The summed E-state index contributed by atoms with van der Waals surface area (Å²) in [6.07, 6.45) is 2.03. The van der Waals surface area contributed by atoms with Crippen molar-refractivity contribution in [2.24, 2.45) is 0 Å². The maximum atomic E-state index is 3.25. The quantitative estimate of drug-likeness (QED) is 0.785. The van der Waals surface area contributed by atoms with E-state index in [1.807, 2.05) is 6.26 Å². The second-order valence-electron chi connectivity index (χ2n) is 3.76. The maximum absolute atomic E-state index is 3.25. The summed E-state index contributed by atoms with van der Waals surface area (Å²) < 4.78 is 3.25. The molecular weight excluding hydrogens is 214 g/mol. The molecular formula is C14H15NS. The molecule has 0 radical (unpaired) electrons. The van der Waals surface area contributed by atoms with Gasteiger partial charge in [0.2, 0.25) is 0 Å². The maximum Gasteiger partial charge on any atom is 0.0446 e. The van der Waals surface area contributed by atoms with E-state index < -0.39 is 0 Å². The zero-order chi connectivity index (χ0) is 11.4. The van der Waals surface area contributed by atoms with Crippen LogP contribution < -0.4 is 4.72 Å². The monoisotopic (exact) mass is 229 g/mol. The summed E-state index contributed by atoms with van der Waals surface area (Å²) in [6.45, 7) is 2.12. The fourth-order valence-electron chi connectivity index (χ4n) is 1.70. The van der Waals surface area contributed by atoms with Crippen LogP contribution in [-0.4, -0.2) is 6.26 Å².